The Morgan fingerprint density at radius 1 is 0.958 bits per heavy atom. The van der Waals surface area contributed by atoms with Gasteiger partial charge < -0.3 is 5.32 Å². The van der Waals surface area contributed by atoms with Gasteiger partial charge in [0.25, 0.3) is 0 Å². The Morgan fingerprint density at radius 3 is 2.58 bits per heavy atom. The molecule has 0 amide bonds. The van der Waals surface area contributed by atoms with Gasteiger partial charge in [0.1, 0.15) is 5.82 Å². The molecule has 0 atom stereocenters. The molecule has 0 aliphatic rings. The lowest BCUT2D eigenvalue weighted by molar-refractivity contribution is 0.943. The Balaban J connectivity index is 1.74. The van der Waals surface area contributed by atoms with Crippen LogP contribution in [0.5, 0.6) is 0 Å². The van der Waals surface area contributed by atoms with Crippen molar-refractivity contribution < 1.29 is 0 Å². The zero-order valence-corrected chi connectivity index (χ0v) is 15.1. The van der Waals surface area contributed by atoms with E-state index in [1.54, 1.807) is 12.4 Å². The number of benzene rings is 2. The zero-order chi connectivity index (χ0) is 16.5. The number of hydrogen-bond acceptors (Lipinski definition) is 4. The van der Waals surface area contributed by atoms with Crippen molar-refractivity contribution in [1.29, 1.82) is 0 Å². The molecule has 2 aromatic heterocycles. The predicted octanol–water partition coefficient (Wildman–Crippen LogP) is 4.47. The van der Waals surface area contributed by atoms with Gasteiger partial charge in [0, 0.05) is 9.26 Å². The Hall–Kier alpha value is -2.48. The smallest absolute Gasteiger partial charge is 0.159 e. The van der Waals surface area contributed by atoms with E-state index in [1.165, 1.54) is 3.57 Å². The van der Waals surface area contributed by atoms with Crippen molar-refractivity contribution >= 4 is 45.1 Å². The van der Waals surface area contributed by atoms with Crippen LogP contribution in [-0.4, -0.2) is 19.5 Å². The number of nitrogens with zero attached hydrogens (tertiary/aromatic N) is 4. The first-order chi connectivity index (χ1) is 11.7. The number of fused-ring (bicyclic) bond motifs is 1. The SMILES string of the molecule is Cc1nc2ccccc2n1-c1cncc(Nc2ccc(I)cc2)n1. The average Bonchev–Trinajstić information content (AvgIpc) is 2.93. The molecule has 2 heterocycles. The molecule has 4 rings (SSSR count). The number of rotatable bonds is 3. The number of anilines is 2. The summed E-state index contributed by atoms with van der Waals surface area (Å²) in [5.74, 6) is 2.33. The molecule has 0 bridgehead atoms. The van der Waals surface area contributed by atoms with Gasteiger partial charge in [-0.1, -0.05) is 12.1 Å². The fourth-order valence-electron chi connectivity index (χ4n) is 2.64. The van der Waals surface area contributed by atoms with Crippen LogP contribution in [0, 0.1) is 10.5 Å². The summed E-state index contributed by atoms with van der Waals surface area (Å²) in [7, 11) is 0. The topological polar surface area (TPSA) is 55.6 Å². The van der Waals surface area contributed by atoms with E-state index in [1.807, 2.05) is 60.0 Å². The number of hydrogen-bond donors (Lipinski definition) is 1. The zero-order valence-electron chi connectivity index (χ0n) is 12.9. The van der Waals surface area contributed by atoms with Gasteiger partial charge in [-0.25, -0.2) is 9.97 Å². The van der Waals surface area contributed by atoms with Crippen LogP contribution in [0.15, 0.2) is 60.9 Å². The molecule has 5 nitrogen and oxygen atoms in total. The van der Waals surface area contributed by atoms with Crippen molar-refractivity contribution in [3.05, 3.63) is 70.3 Å². The second-order valence-electron chi connectivity index (χ2n) is 5.38. The molecule has 0 saturated heterocycles. The van der Waals surface area contributed by atoms with Gasteiger partial charge in [0.2, 0.25) is 0 Å². The second kappa shape index (κ2) is 6.20. The van der Waals surface area contributed by atoms with Gasteiger partial charge in [0.05, 0.1) is 23.4 Å². The lowest BCUT2D eigenvalue weighted by Crippen LogP contribution is -2.03. The lowest BCUT2D eigenvalue weighted by Gasteiger charge is -2.09. The van der Waals surface area contributed by atoms with E-state index in [0.717, 1.165) is 28.4 Å². The van der Waals surface area contributed by atoms with Crippen molar-refractivity contribution in [3.8, 4) is 5.82 Å². The predicted molar refractivity (Wildman–Crippen MR) is 104 cm³/mol. The third kappa shape index (κ3) is 2.84. The van der Waals surface area contributed by atoms with Crippen LogP contribution < -0.4 is 5.32 Å². The summed E-state index contributed by atoms with van der Waals surface area (Å²) in [6, 6.07) is 16.2. The van der Waals surface area contributed by atoms with Crippen LogP contribution in [0.2, 0.25) is 0 Å². The normalized spacial score (nSPS) is 10.9. The van der Waals surface area contributed by atoms with Crippen LogP contribution in [0.25, 0.3) is 16.9 Å². The molecule has 0 radical (unpaired) electrons. The molecular formula is C18H14IN5. The third-order valence-electron chi connectivity index (χ3n) is 3.70. The van der Waals surface area contributed by atoms with E-state index in [2.05, 4.69) is 37.9 Å². The summed E-state index contributed by atoms with van der Waals surface area (Å²) in [5, 5.41) is 3.29. The summed E-state index contributed by atoms with van der Waals surface area (Å²) in [4.78, 5) is 13.6. The van der Waals surface area contributed by atoms with E-state index >= 15 is 0 Å². The van der Waals surface area contributed by atoms with E-state index in [9.17, 15) is 0 Å². The number of para-hydroxylation sites is 2. The van der Waals surface area contributed by atoms with Gasteiger partial charge in [0.15, 0.2) is 11.6 Å². The van der Waals surface area contributed by atoms with Crippen molar-refractivity contribution in [2.24, 2.45) is 0 Å². The highest BCUT2D eigenvalue weighted by Crippen LogP contribution is 2.21. The van der Waals surface area contributed by atoms with Crippen molar-refractivity contribution in [2.45, 2.75) is 6.92 Å². The number of nitrogens with one attached hydrogen (secondary N) is 1. The molecule has 6 heteroatoms. The van der Waals surface area contributed by atoms with Crippen molar-refractivity contribution in [2.75, 3.05) is 5.32 Å². The first-order valence-electron chi connectivity index (χ1n) is 7.50. The molecule has 0 unspecified atom stereocenters. The lowest BCUT2D eigenvalue weighted by atomic mass is 10.3. The van der Waals surface area contributed by atoms with E-state index < -0.39 is 0 Å². The molecule has 1 N–H and O–H groups in total. The number of aryl methyl sites for hydroxylation is 1. The molecule has 4 aromatic rings. The van der Waals surface area contributed by atoms with E-state index in [0.29, 0.717) is 5.82 Å². The molecule has 24 heavy (non-hydrogen) atoms. The van der Waals surface area contributed by atoms with Crippen molar-refractivity contribution in [1.82, 2.24) is 19.5 Å². The summed E-state index contributed by atoms with van der Waals surface area (Å²) in [6.07, 6.45) is 3.47. The standard InChI is InChI=1S/C18H14IN5/c1-12-21-15-4-2-3-5-16(15)24(12)18-11-20-10-17(23-18)22-14-8-6-13(19)7-9-14/h2-11H,1H3,(H,22,23). The highest BCUT2D eigenvalue weighted by atomic mass is 127. The fourth-order valence-corrected chi connectivity index (χ4v) is 3.00. The molecule has 0 saturated carbocycles. The largest absolute Gasteiger partial charge is 0.339 e. The number of aromatic nitrogens is 4. The molecule has 118 valence electrons. The van der Waals surface area contributed by atoms with Gasteiger partial charge in [-0.15, -0.1) is 0 Å². The maximum Gasteiger partial charge on any atom is 0.159 e. The third-order valence-corrected chi connectivity index (χ3v) is 4.42. The Kier molecular flexibility index (Phi) is 3.89. The molecule has 2 aromatic carbocycles. The van der Waals surface area contributed by atoms with Gasteiger partial charge in [-0.3, -0.25) is 9.55 Å². The fraction of sp³-hybridized carbons (Fsp3) is 0.0556. The first kappa shape index (κ1) is 15.1. The summed E-state index contributed by atoms with van der Waals surface area (Å²) >= 11 is 2.29. The van der Waals surface area contributed by atoms with E-state index in [-0.39, 0.29) is 0 Å². The van der Waals surface area contributed by atoms with Crippen molar-refractivity contribution in [3.63, 3.8) is 0 Å². The maximum atomic E-state index is 4.69. The van der Waals surface area contributed by atoms with Crippen LogP contribution in [0.4, 0.5) is 11.5 Å². The first-order valence-corrected chi connectivity index (χ1v) is 8.58. The minimum atomic E-state index is 0.700. The Bertz CT molecular complexity index is 1010. The molecule has 0 aliphatic heterocycles. The van der Waals surface area contributed by atoms with Crippen LogP contribution in [0.1, 0.15) is 5.82 Å². The van der Waals surface area contributed by atoms with Gasteiger partial charge in [-0.05, 0) is 65.9 Å². The Labute approximate surface area is 152 Å². The molecule has 0 aliphatic carbocycles. The highest BCUT2D eigenvalue weighted by Gasteiger charge is 2.10. The minimum Gasteiger partial charge on any atom is -0.339 e. The van der Waals surface area contributed by atoms with E-state index in [4.69, 9.17) is 4.98 Å². The summed E-state index contributed by atoms with van der Waals surface area (Å²) in [5.41, 5.74) is 2.96. The Morgan fingerprint density at radius 2 is 1.75 bits per heavy atom. The van der Waals surface area contributed by atoms with Crippen LogP contribution >= 0.6 is 22.6 Å². The second-order valence-corrected chi connectivity index (χ2v) is 6.62. The molecule has 0 fully saturated rings. The minimum absolute atomic E-state index is 0.700. The quantitative estimate of drug-likeness (QED) is 0.491. The monoisotopic (exact) mass is 427 g/mol. The van der Waals surface area contributed by atoms with Crippen LogP contribution in [-0.2, 0) is 0 Å². The maximum absolute atomic E-state index is 4.69. The van der Waals surface area contributed by atoms with Gasteiger partial charge >= 0.3 is 0 Å². The highest BCUT2D eigenvalue weighted by molar-refractivity contribution is 14.1. The summed E-state index contributed by atoms with van der Waals surface area (Å²) < 4.78 is 3.21. The molecular weight excluding hydrogens is 413 g/mol. The summed E-state index contributed by atoms with van der Waals surface area (Å²) in [6.45, 7) is 1.97. The number of halogens is 1. The number of imidazole rings is 1. The van der Waals surface area contributed by atoms with Crippen LogP contribution in [0.3, 0.4) is 0 Å². The van der Waals surface area contributed by atoms with Gasteiger partial charge in [-0.2, -0.15) is 0 Å². The average molecular weight is 427 g/mol. The molecule has 0 spiro atoms.